The topological polar surface area (TPSA) is 117 Å². The van der Waals surface area contributed by atoms with Crippen LogP contribution in [0.15, 0.2) is 48.5 Å². The van der Waals surface area contributed by atoms with Crippen molar-refractivity contribution in [2.75, 3.05) is 11.9 Å². The molecule has 2 aromatic rings. The predicted octanol–water partition coefficient (Wildman–Crippen LogP) is 3.11. The molecule has 1 amide bonds. The molecular weight excluding hydrogens is 394 g/mol. The molecule has 0 bridgehead atoms. The third kappa shape index (κ3) is 5.25. The van der Waals surface area contributed by atoms with Crippen molar-refractivity contribution in [3.63, 3.8) is 0 Å². The molecular formula is C18H12F2N2O7. The highest BCUT2D eigenvalue weighted by Crippen LogP contribution is 2.42. The number of hydrogen-bond donors (Lipinski definition) is 1. The van der Waals surface area contributed by atoms with Crippen LogP contribution in [-0.4, -0.2) is 29.7 Å². The minimum atomic E-state index is -3.77. The first-order valence-electron chi connectivity index (χ1n) is 8.01. The Kier molecular flexibility index (Phi) is 5.39. The van der Waals surface area contributed by atoms with Crippen LogP contribution in [0.3, 0.4) is 0 Å². The first-order valence-corrected chi connectivity index (χ1v) is 8.01. The van der Waals surface area contributed by atoms with Gasteiger partial charge in [0.2, 0.25) is 0 Å². The smallest absolute Gasteiger partial charge is 0.452 e. The maximum absolute atomic E-state index is 13.0. The number of benzene rings is 2. The van der Waals surface area contributed by atoms with Gasteiger partial charge in [0.25, 0.3) is 11.6 Å². The van der Waals surface area contributed by atoms with Crippen molar-refractivity contribution in [3.8, 4) is 11.5 Å². The second-order valence-electron chi connectivity index (χ2n) is 5.67. The van der Waals surface area contributed by atoms with Gasteiger partial charge >= 0.3 is 12.3 Å². The number of carbonyl (C=O) groups excluding carboxylic acids is 2. The number of halogens is 2. The number of nitro groups is 1. The third-order valence-electron chi connectivity index (χ3n) is 3.55. The number of nitrogens with one attached hydrogen (secondary N) is 1. The van der Waals surface area contributed by atoms with Crippen molar-refractivity contribution < 1.29 is 37.5 Å². The van der Waals surface area contributed by atoms with E-state index in [0.717, 1.165) is 12.1 Å². The molecule has 1 heterocycles. The summed E-state index contributed by atoms with van der Waals surface area (Å²) >= 11 is 0. The summed E-state index contributed by atoms with van der Waals surface area (Å²) in [6, 6.07) is 9.10. The highest BCUT2D eigenvalue weighted by molar-refractivity contribution is 5.94. The molecule has 0 atom stereocenters. The summed E-state index contributed by atoms with van der Waals surface area (Å²) in [6.07, 6.45) is -1.35. The molecule has 150 valence electrons. The molecule has 0 spiro atoms. The van der Waals surface area contributed by atoms with Gasteiger partial charge in [-0.25, -0.2) is 4.79 Å². The summed E-state index contributed by atoms with van der Waals surface area (Å²) in [5.41, 5.74) is 0.579. The van der Waals surface area contributed by atoms with Crippen molar-refractivity contribution in [1.29, 1.82) is 0 Å². The van der Waals surface area contributed by atoms with Gasteiger partial charge in [0.05, 0.1) is 4.92 Å². The largest absolute Gasteiger partial charge is 0.586 e. The molecule has 29 heavy (non-hydrogen) atoms. The lowest BCUT2D eigenvalue weighted by Crippen LogP contribution is -2.25. The molecule has 0 fully saturated rings. The zero-order valence-electron chi connectivity index (χ0n) is 14.5. The Morgan fingerprint density at radius 1 is 1.14 bits per heavy atom. The Morgan fingerprint density at radius 3 is 2.52 bits per heavy atom. The van der Waals surface area contributed by atoms with E-state index in [1.165, 1.54) is 42.5 Å². The van der Waals surface area contributed by atoms with Crippen molar-refractivity contribution in [2.24, 2.45) is 0 Å². The highest BCUT2D eigenvalue weighted by Gasteiger charge is 2.43. The monoisotopic (exact) mass is 406 g/mol. The van der Waals surface area contributed by atoms with Gasteiger partial charge in [0, 0.05) is 30.0 Å². The van der Waals surface area contributed by atoms with Crippen LogP contribution in [-0.2, 0) is 14.3 Å². The van der Waals surface area contributed by atoms with Crippen LogP contribution in [0.1, 0.15) is 5.56 Å². The quantitative estimate of drug-likeness (QED) is 0.339. The van der Waals surface area contributed by atoms with E-state index < -0.39 is 29.7 Å². The molecule has 1 N–H and O–H groups in total. The molecule has 1 aliphatic heterocycles. The molecule has 0 radical (unpaired) electrons. The number of nitrogens with zero attached hydrogens (tertiary/aromatic N) is 1. The fraction of sp³-hybridized carbons (Fsp3) is 0.111. The average Bonchev–Trinajstić information content (AvgIpc) is 2.98. The van der Waals surface area contributed by atoms with Gasteiger partial charge in [0.15, 0.2) is 18.1 Å². The number of ether oxygens (including phenoxy) is 3. The number of fused-ring (bicyclic) bond motifs is 1. The van der Waals surface area contributed by atoms with E-state index in [4.69, 9.17) is 4.74 Å². The van der Waals surface area contributed by atoms with E-state index in [9.17, 15) is 28.5 Å². The number of alkyl halides is 2. The predicted molar refractivity (Wildman–Crippen MR) is 94.4 cm³/mol. The Morgan fingerprint density at radius 2 is 1.83 bits per heavy atom. The van der Waals surface area contributed by atoms with Crippen molar-refractivity contribution in [2.45, 2.75) is 6.29 Å². The molecule has 0 unspecified atom stereocenters. The van der Waals surface area contributed by atoms with E-state index in [2.05, 4.69) is 14.8 Å². The summed E-state index contributed by atoms with van der Waals surface area (Å²) in [7, 11) is 0. The number of amides is 1. The number of anilines is 1. The molecule has 0 aromatic heterocycles. The molecule has 2 aromatic carbocycles. The van der Waals surface area contributed by atoms with Gasteiger partial charge in [-0.3, -0.25) is 14.9 Å². The lowest BCUT2D eigenvalue weighted by molar-refractivity contribution is -0.384. The molecule has 0 saturated heterocycles. The number of hydrogen-bond acceptors (Lipinski definition) is 7. The van der Waals surface area contributed by atoms with Crippen LogP contribution in [0, 0.1) is 10.1 Å². The van der Waals surface area contributed by atoms with E-state index in [1.54, 1.807) is 0 Å². The second kappa shape index (κ2) is 7.92. The summed E-state index contributed by atoms with van der Waals surface area (Å²) < 4.78 is 39.2. The standard InChI is InChI=1S/C18H12F2N2O7/c19-18(20)28-14-7-4-12(9-15(14)29-18)21-16(23)10-27-17(24)8-3-11-1-5-13(6-2-11)22(25)26/h1-9H,10H2,(H,21,23)/b8-3+. The Balaban J connectivity index is 1.48. The lowest BCUT2D eigenvalue weighted by Gasteiger charge is -2.06. The zero-order chi connectivity index (χ0) is 21.0. The van der Waals surface area contributed by atoms with Crippen LogP contribution in [0.4, 0.5) is 20.2 Å². The summed E-state index contributed by atoms with van der Waals surface area (Å²) in [6.45, 7) is -0.617. The SMILES string of the molecule is O=C(COC(=O)/C=C/c1ccc([N+](=O)[O-])cc1)Nc1ccc2c(c1)OC(F)(F)O2. The van der Waals surface area contributed by atoms with Crippen molar-refractivity contribution in [1.82, 2.24) is 0 Å². The maximum Gasteiger partial charge on any atom is 0.586 e. The average molecular weight is 406 g/mol. The molecule has 9 nitrogen and oxygen atoms in total. The first-order chi connectivity index (χ1) is 13.7. The van der Waals surface area contributed by atoms with Gasteiger partial charge in [-0.05, 0) is 35.9 Å². The summed E-state index contributed by atoms with van der Waals surface area (Å²) in [5, 5.41) is 12.9. The number of non-ortho nitro benzene ring substituents is 1. The fourth-order valence-corrected chi connectivity index (χ4v) is 2.28. The third-order valence-corrected chi connectivity index (χ3v) is 3.55. The minimum absolute atomic E-state index is 0.0892. The Bertz CT molecular complexity index is 990. The van der Waals surface area contributed by atoms with Crippen molar-refractivity contribution in [3.05, 3.63) is 64.2 Å². The van der Waals surface area contributed by atoms with Crippen LogP contribution < -0.4 is 14.8 Å². The molecule has 0 saturated carbocycles. The normalized spacial score (nSPS) is 13.9. The van der Waals surface area contributed by atoms with Gasteiger partial charge < -0.3 is 19.5 Å². The maximum atomic E-state index is 13.0. The van der Waals surface area contributed by atoms with Crippen LogP contribution in [0.25, 0.3) is 6.08 Å². The minimum Gasteiger partial charge on any atom is -0.452 e. The van der Waals surface area contributed by atoms with E-state index in [0.29, 0.717) is 5.56 Å². The van der Waals surface area contributed by atoms with E-state index in [1.807, 2.05) is 0 Å². The fourth-order valence-electron chi connectivity index (χ4n) is 2.28. The van der Waals surface area contributed by atoms with Crippen LogP contribution >= 0.6 is 0 Å². The molecule has 3 rings (SSSR count). The van der Waals surface area contributed by atoms with Gasteiger partial charge in [-0.2, -0.15) is 0 Å². The highest BCUT2D eigenvalue weighted by atomic mass is 19.3. The zero-order valence-corrected chi connectivity index (χ0v) is 14.5. The number of carbonyl (C=O) groups is 2. The second-order valence-corrected chi connectivity index (χ2v) is 5.67. The molecule has 11 heteroatoms. The van der Waals surface area contributed by atoms with Crippen LogP contribution in [0.2, 0.25) is 0 Å². The molecule has 1 aliphatic rings. The number of nitro benzene ring substituents is 1. The summed E-state index contributed by atoms with van der Waals surface area (Å²) in [5.74, 6) is -1.93. The Hall–Kier alpha value is -4.02. The summed E-state index contributed by atoms with van der Waals surface area (Å²) in [4.78, 5) is 33.5. The number of esters is 1. The Labute approximate surface area is 161 Å². The first kappa shape index (κ1) is 19.7. The van der Waals surface area contributed by atoms with Crippen LogP contribution in [0.5, 0.6) is 11.5 Å². The molecule has 0 aliphatic carbocycles. The van der Waals surface area contributed by atoms with E-state index >= 15 is 0 Å². The number of rotatable bonds is 6. The van der Waals surface area contributed by atoms with Gasteiger partial charge in [-0.1, -0.05) is 0 Å². The van der Waals surface area contributed by atoms with Gasteiger partial charge in [0.1, 0.15) is 0 Å². The van der Waals surface area contributed by atoms with Gasteiger partial charge in [-0.15, -0.1) is 8.78 Å². The van der Waals surface area contributed by atoms with E-state index in [-0.39, 0.29) is 22.9 Å². The lowest BCUT2D eigenvalue weighted by atomic mass is 10.2. The van der Waals surface area contributed by atoms with Crippen molar-refractivity contribution >= 4 is 29.3 Å².